The second kappa shape index (κ2) is 7.38. The van der Waals surface area contributed by atoms with E-state index in [4.69, 9.17) is 16.2 Å². The second-order valence-corrected chi connectivity index (χ2v) is 7.32. The van der Waals surface area contributed by atoms with Crippen molar-refractivity contribution in [3.63, 3.8) is 0 Å². The maximum absolute atomic E-state index is 13.4. The van der Waals surface area contributed by atoms with Crippen LogP contribution in [0.4, 0.5) is 4.39 Å². The minimum absolute atomic E-state index is 0.0822. The number of ether oxygens (including phenoxy) is 1. The first-order valence-electron chi connectivity index (χ1n) is 9.31. The van der Waals surface area contributed by atoms with Crippen LogP contribution in [0.2, 0.25) is 0 Å². The molecule has 2 aliphatic rings. The molecule has 27 heavy (non-hydrogen) atoms. The van der Waals surface area contributed by atoms with Crippen LogP contribution in [0.3, 0.4) is 0 Å². The molecule has 4 N–H and O–H groups in total. The third-order valence-electron chi connectivity index (χ3n) is 5.55. The molecule has 0 bridgehead atoms. The lowest BCUT2D eigenvalue weighted by Crippen LogP contribution is -2.56. The van der Waals surface area contributed by atoms with Crippen molar-refractivity contribution in [1.29, 1.82) is 0 Å². The van der Waals surface area contributed by atoms with Crippen molar-refractivity contribution in [2.24, 2.45) is 11.5 Å². The second-order valence-electron chi connectivity index (χ2n) is 7.32. The van der Waals surface area contributed by atoms with E-state index in [1.165, 1.54) is 17.7 Å². The molecule has 1 saturated heterocycles. The first-order chi connectivity index (χ1) is 13.0. The zero-order chi connectivity index (χ0) is 19.0. The number of benzene rings is 2. The average molecular weight is 369 g/mol. The molecule has 0 spiro atoms. The molecule has 1 fully saturated rings. The van der Waals surface area contributed by atoms with Crippen LogP contribution in [0.1, 0.15) is 29.2 Å². The van der Waals surface area contributed by atoms with E-state index in [2.05, 4.69) is 6.07 Å². The van der Waals surface area contributed by atoms with Crippen LogP contribution in [0.25, 0.3) is 0 Å². The number of nitrogens with two attached hydrogens (primary N) is 2. The van der Waals surface area contributed by atoms with Gasteiger partial charge in [0.1, 0.15) is 11.9 Å². The van der Waals surface area contributed by atoms with E-state index < -0.39 is 6.10 Å². The highest BCUT2D eigenvalue weighted by Crippen LogP contribution is 2.36. The number of hydrogen-bond donors (Lipinski definition) is 2. The number of halogens is 1. The van der Waals surface area contributed by atoms with Crippen molar-refractivity contribution in [2.75, 3.05) is 13.2 Å². The van der Waals surface area contributed by atoms with E-state index in [1.54, 1.807) is 12.1 Å². The molecule has 4 rings (SSSR count). The Labute approximate surface area is 158 Å². The quantitative estimate of drug-likeness (QED) is 0.845. The first kappa shape index (κ1) is 18.1. The van der Waals surface area contributed by atoms with Gasteiger partial charge in [-0.2, -0.15) is 0 Å². The Morgan fingerprint density at radius 3 is 2.56 bits per heavy atom. The first-order valence-corrected chi connectivity index (χ1v) is 9.31. The van der Waals surface area contributed by atoms with Crippen molar-refractivity contribution in [1.82, 2.24) is 4.90 Å². The molecule has 0 saturated carbocycles. The van der Waals surface area contributed by atoms with Gasteiger partial charge in [-0.15, -0.1) is 0 Å². The fourth-order valence-electron chi connectivity index (χ4n) is 4.01. The third kappa shape index (κ3) is 3.48. The summed E-state index contributed by atoms with van der Waals surface area (Å²) in [6, 6.07) is 13.7. The van der Waals surface area contributed by atoms with Crippen LogP contribution < -0.4 is 11.5 Å². The van der Waals surface area contributed by atoms with Gasteiger partial charge in [-0.05, 0) is 41.7 Å². The van der Waals surface area contributed by atoms with Crippen LogP contribution in [0.5, 0.6) is 0 Å². The van der Waals surface area contributed by atoms with Crippen molar-refractivity contribution in [3.8, 4) is 0 Å². The average Bonchev–Trinajstić information content (AvgIpc) is 2.69. The summed E-state index contributed by atoms with van der Waals surface area (Å²) < 4.78 is 19.2. The molecule has 6 heteroatoms. The van der Waals surface area contributed by atoms with Gasteiger partial charge in [0, 0.05) is 18.6 Å². The fourth-order valence-corrected chi connectivity index (χ4v) is 4.01. The summed E-state index contributed by atoms with van der Waals surface area (Å²) in [6.07, 6.45) is 0.597. The van der Waals surface area contributed by atoms with E-state index in [-0.39, 0.29) is 36.5 Å². The number of nitrogens with zero attached hydrogens (tertiary/aromatic N) is 1. The fraction of sp³-hybridized carbons (Fsp3) is 0.381. The molecule has 0 aromatic heterocycles. The van der Waals surface area contributed by atoms with E-state index in [0.717, 1.165) is 17.5 Å². The van der Waals surface area contributed by atoms with Crippen LogP contribution in [-0.2, 0) is 16.0 Å². The molecular formula is C21H24FN3O2. The lowest BCUT2D eigenvalue weighted by molar-refractivity contribution is -0.149. The topological polar surface area (TPSA) is 81.6 Å². The van der Waals surface area contributed by atoms with E-state index in [1.807, 2.05) is 23.1 Å². The highest BCUT2D eigenvalue weighted by molar-refractivity contribution is 5.82. The molecule has 0 unspecified atom stereocenters. The summed E-state index contributed by atoms with van der Waals surface area (Å²) >= 11 is 0. The van der Waals surface area contributed by atoms with Crippen LogP contribution >= 0.6 is 0 Å². The van der Waals surface area contributed by atoms with Crippen molar-refractivity contribution in [2.45, 2.75) is 37.1 Å². The standard InChI is InChI=1S/C21H24FN3O2/c22-15-7-5-14(6-8-15)20-16-4-2-1-3-13(16)9-10-25(20)21(26)19-11-17(23)18(24)12-27-19/h1-8,17-20H,9-12,23-24H2/t17-,18+,19+,20-/m0/s1. The van der Waals surface area contributed by atoms with Crippen LogP contribution in [-0.4, -0.2) is 42.1 Å². The Morgan fingerprint density at radius 2 is 1.81 bits per heavy atom. The molecule has 0 aliphatic carbocycles. The molecule has 2 aromatic carbocycles. The summed E-state index contributed by atoms with van der Waals surface area (Å²) in [4.78, 5) is 15.1. The Morgan fingerprint density at radius 1 is 1.07 bits per heavy atom. The summed E-state index contributed by atoms with van der Waals surface area (Å²) in [6.45, 7) is 0.863. The molecule has 2 heterocycles. The van der Waals surface area contributed by atoms with Gasteiger partial charge in [0.25, 0.3) is 5.91 Å². The highest BCUT2D eigenvalue weighted by atomic mass is 19.1. The number of fused-ring (bicyclic) bond motifs is 1. The Balaban J connectivity index is 1.68. The van der Waals surface area contributed by atoms with Crippen molar-refractivity contribution in [3.05, 3.63) is 71.0 Å². The van der Waals surface area contributed by atoms with Gasteiger partial charge in [0.15, 0.2) is 0 Å². The van der Waals surface area contributed by atoms with Gasteiger partial charge in [-0.3, -0.25) is 4.79 Å². The Bertz CT molecular complexity index is 826. The number of carbonyl (C=O) groups excluding carboxylic acids is 1. The van der Waals surface area contributed by atoms with E-state index >= 15 is 0 Å². The molecule has 5 nitrogen and oxygen atoms in total. The molecule has 0 radical (unpaired) electrons. The summed E-state index contributed by atoms with van der Waals surface area (Å²) in [5, 5.41) is 0. The molecule has 2 aliphatic heterocycles. The maximum atomic E-state index is 13.4. The summed E-state index contributed by atoms with van der Waals surface area (Å²) in [5.74, 6) is -0.377. The largest absolute Gasteiger partial charge is 0.367 e. The predicted molar refractivity (Wildman–Crippen MR) is 100 cm³/mol. The van der Waals surface area contributed by atoms with E-state index in [0.29, 0.717) is 13.0 Å². The van der Waals surface area contributed by atoms with Gasteiger partial charge < -0.3 is 21.1 Å². The van der Waals surface area contributed by atoms with Crippen molar-refractivity contribution >= 4 is 5.91 Å². The van der Waals surface area contributed by atoms with Crippen LogP contribution in [0, 0.1) is 5.82 Å². The summed E-state index contributed by atoms with van der Waals surface area (Å²) in [7, 11) is 0. The van der Waals surface area contributed by atoms with Crippen molar-refractivity contribution < 1.29 is 13.9 Å². The predicted octanol–water partition coefficient (Wildman–Crippen LogP) is 1.74. The van der Waals surface area contributed by atoms with Gasteiger partial charge in [-0.25, -0.2) is 4.39 Å². The summed E-state index contributed by atoms with van der Waals surface area (Å²) in [5.41, 5.74) is 15.1. The molecule has 142 valence electrons. The minimum atomic E-state index is -0.590. The Hall–Kier alpha value is -2.28. The zero-order valence-electron chi connectivity index (χ0n) is 15.1. The number of hydrogen-bond acceptors (Lipinski definition) is 4. The number of carbonyl (C=O) groups is 1. The van der Waals surface area contributed by atoms with E-state index in [9.17, 15) is 9.18 Å². The monoisotopic (exact) mass is 369 g/mol. The molecular weight excluding hydrogens is 345 g/mol. The van der Waals surface area contributed by atoms with Gasteiger partial charge in [0.05, 0.1) is 12.6 Å². The van der Waals surface area contributed by atoms with Gasteiger partial charge in [-0.1, -0.05) is 36.4 Å². The number of rotatable bonds is 2. The maximum Gasteiger partial charge on any atom is 0.252 e. The smallest absolute Gasteiger partial charge is 0.252 e. The lowest BCUT2D eigenvalue weighted by Gasteiger charge is -2.41. The molecule has 2 aromatic rings. The van der Waals surface area contributed by atoms with Gasteiger partial charge >= 0.3 is 0 Å². The van der Waals surface area contributed by atoms with Crippen LogP contribution in [0.15, 0.2) is 48.5 Å². The molecule has 1 amide bonds. The van der Waals surface area contributed by atoms with Gasteiger partial charge in [0.2, 0.25) is 0 Å². The Kier molecular flexibility index (Phi) is 4.95. The molecule has 4 atom stereocenters. The number of amides is 1. The minimum Gasteiger partial charge on any atom is -0.367 e. The SMILES string of the molecule is N[C@@H]1CO[C@@H](C(=O)N2CCc3ccccc3[C@@H]2c2ccc(F)cc2)C[C@@H]1N. The highest BCUT2D eigenvalue weighted by Gasteiger charge is 2.38. The third-order valence-corrected chi connectivity index (χ3v) is 5.55. The zero-order valence-corrected chi connectivity index (χ0v) is 15.1. The lowest BCUT2D eigenvalue weighted by atomic mass is 9.87. The normalized spacial score (nSPS) is 27.9.